The molecule has 2 aromatic carbocycles. The van der Waals surface area contributed by atoms with Crippen molar-refractivity contribution in [1.29, 1.82) is 0 Å². The number of rotatable bonds is 10. The molecule has 4 N–H and O–H groups in total. The molecule has 0 aliphatic carbocycles. The van der Waals surface area contributed by atoms with E-state index in [2.05, 4.69) is 35.6 Å². The number of hydrazine groups is 2. The summed E-state index contributed by atoms with van der Waals surface area (Å²) >= 11 is 0. The van der Waals surface area contributed by atoms with E-state index in [-0.39, 0.29) is 0 Å². The molecule has 0 unspecified atom stereocenters. The Hall–Kier alpha value is -3.02. The van der Waals surface area contributed by atoms with E-state index in [9.17, 15) is 9.59 Å². The lowest BCUT2D eigenvalue weighted by Gasteiger charge is -2.11. The molecule has 0 atom stereocenters. The number of aryl methyl sites for hydroxylation is 2. The van der Waals surface area contributed by atoms with Crippen LogP contribution in [0.2, 0.25) is 0 Å². The Morgan fingerprint density at radius 1 is 0.643 bits per heavy atom. The second kappa shape index (κ2) is 11.6. The summed E-state index contributed by atoms with van der Waals surface area (Å²) in [6.07, 6.45) is 6.69. The highest BCUT2D eigenvalue weighted by Gasteiger charge is 2.12. The van der Waals surface area contributed by atoms with Gasteiger partial charge in [0.15, 0.2) is 0 Å². The fourth-order valence-electron chi connectivity index (χ4n) is 2.64. The van der Waals surface area contributed by atoms with Gasteiger partial charge >= 0.3 is 11.8 Å². The predicted molar refractivity (Wildman–Crippen MR) is 114 cm³/mol. The van der Waals surface area contributed by atoms with Gasteiger partial charge in [-0.1, -0.05) is 51.0 Å². The number of carbonyl (C=O) groups is 2. The van der Waals surface area contributed by atoms with Gasteiger partial charge in [-0.2, -0.15) is 0 Å². The molecule has 0 aromatic heterocycles. The van der Waals surface area contributed by atoms with Gasteiger partial charge in [-0.05, 0) is 61.1 Å². The molecule has 2 aromatic rings. The minimum absolute atomic E-state index is 0.719. The van der Waals surface area contributed by atoms with Crippen LogP contribution in [0.15, 0.2) is 48.5 Å². The van der Waals surface area contributed by atoms with E-state index in [4.69, 9.17) is 0 Å². The summed E-state index contributed by atoms with van der Waals surface area (Å²) in [6.45, 7) is 4.32. The molecule has 150 valence electrons. The minimum Gasteiger partial charge on any atom is -0.298 e. The lowest BCUT2D eigenvalue weighted by molar-refractivity contribution is -0.138. The van der Waals surface area contributed by atoms with E-state index in [1.54, 1.807) is 0 Å². The molecule has 0 heterocycles. The van der Waals surface area contributed by atoms with Crippen LogP contribution in [0.1, 0.15) is 50.7 Å². The van der Waals surface area contributed by atoms with Crippen LogP contribution >= 0.6 is 0 Å². The molecule has 0 bridgehead atoms. The van der Waals surface area contributed by atoms with Crippen LogP contribution in [-0.4, -0.2) is 11.8 Å². The average Bonchev–Trinajstić information content (AvgIpc) is 2.74. The number of nitrogens with one attached hydrogen (secondary N) is 4. The maximum Gasteiger partial charge on any atom is 0.329 e. The zero-order chi connectivity index (χ0) is 20.2. The van der Waals surface area contributed by atoms with Gasteiger partial charge in [0.1, 0.15) is 0 Å². The Labute approximate surface area is 167 Å². The Bertz CT molecular complexity index is 677. The molecule has 6 heteroatoms. The predicted octanol–water partition coefficient (Wildman–Crippen LogP) is 3.96. The van der Waals surface area contributed by atoms with Crippen LogP contribution < -0.4 is 21.7 Å². The quantitative estimate of drug-likeness (QED) is 0.370. The second-order valence-electron chi connectivity index (χ2n) is 6.76. The Morgan fingerprint density at radius 3 is 1.32 bits per heavy atom. The maximum atomic E-state index is 11.9. The summed E-state index contributed by atoms with van der Waals surface area (Å²) in [7, 11) is 0. The average molecular weight is 383 g/mol. The van der Waals surface area contributed by atoms with Crippen molar-refractivity contribution in [2.75, 3.05) is 10.9 Å². The minimum atomic E-state index is -0.776. The van der Waals surface area contributed by atoms with Gasteiger partial charge in [-0.3, -0.25) is 31.3 Å². The van der Waals surface area contributed by atoms with E-state index in [0.717, 1.165) is 49.9 Å². The molecule has 2 rings (SSSR count). The highest BCUT2D eigenvalue weighted by Crippen LogP contribution is 2.12. The summed E-state index contributed by atoms with van der Waals surface area (Å²) in [6, 6.07) is 15.5. The van der Waals surface area contributed by atoms with Crippen molar-refractivity contribution in [3.63, 3.8) is 0 Å². The summed E-state index contributed by atoms with van der Waals surface area (Å²) in [4.78, 5) is 23.8. The van der Waals surface area contributed by atoms with Gasteiger partial charge in [-0.25, -0.2) is 0 Å². The van der Waals surface area contributed by atoms with Crippen molar-refractivity contribution >= 4 is 23.2 Å². The molecule has 0 radical (unpaired) electrons. The smallest absolute Gasteiger partial charge is 0.298 e. The summed E-state index contributed by atoms with van der Waals surface area (Å²) < 4.78 is 0. The molecular formula is C22H30N4O2. The Kier molecular flexibility index (Phi) is 8.85. The molecule has 0 saturated heterocycles. The molecule has 0 spiro atoms. The van der Waals surface area contributed by atoms with E-state index in [1.807, 2.05) is 48.5 Å². The summed E-state index contributed by atoms with van der Waals surface area (Å²) in [5, 5.41) is 0. The van der Waals surface area contributed by atoms with Crippen LogP contribution in [-0.2, 0) is 22.4 Å². The third-order valence-electron chi connectivity index (χ3n) is 4.39. The highest BCUT2D eigenvalue weighted by molar-refractivity contribution is 6.35. The van der Waals surface area contributed by atoms with Crippen LogP contribution in [0, 0.1) is 0 Å². The van der Waals surface area contributed by atoms with E-state index < -0.39 is 11.8 Å². The van der Waals surface area contributed by atoms with Crippen molar-refractivity contribution < 1.29 is 9.59 Å². The third-order valence-corrected chi connectivity index (χ3v) is 4.39. The van der Waals surface area contributed by atoms with E-state index in [1.165, 1.54) is 11.1 Å². The van der Waals surface area contributed by atoms with Crippen molar-refractivity contribution in [1.82, 2.24) is 10.9 Å². The first-order valence-electron chi connectivity index (χ1n) is 9.92. The zero-order valence-electron chi connectivity index (χ0n) is 16.7. The number of hydrogen-bond donors (Lipinski definition) is 4. The number of unbranched alkanes of at least 4 members (excludes halogenated alkanes) is 2. The standard InChI is InChI=1S/C22H30N4O2/c1-3-5-7-17-9-13-19(14-10-17)23-25-21(27)22(28)26-24-20-15-11-18(12-16-20)8-6-4-2/h9-16,23-24H,3-8H2,1-2H3,(H,25,27)(H,26,28). The first-order valence-corrected chi connectivity index (χ1v) is 9.92. The first-order chi connectivity index (χ1) is 13.6. The lowest BCUT2D eigenvalue weighted by Crippen LogP contribution is -2.44. The second-order valence-corrected chi connectivity index (χ2v) is 6.76. The molecule has 0 fully saturated rings. The van der Waals surface area contributed by atoms with Crippen molar-refractivity contribution in [2.24, 2.45) is 0 Å². The molecular weight excluding hydrogens is 352 g/mol. The fraction of sp³-hybridized carbons (Fsp3) is 0.364. The molecule has 2 amide bonds. The van der Waals surface area contributed by atoms with Crippen molar-refractivity contribution in [3.05, 3.63) is 59.7 Å². The van der Waals surface area contributed by atoms with Gasteiger partial charge in [-0.15, -0.1) is 0 Å². The van der Waals surface area contributed by atoms with Crippen LogP contribution in [0.4, 0.5) is 11.4 Å². The Balaban J connectivity index is 1.72. The highest BCUT2D eigenvalue weighted by atomic mass is 16.2. The largest absolute Gasteiger partial charge is 0.329 e. The fourth-order valence-corrected chi connectivity index (χ4v) is 2.64. The van der Waals surface area contributed by atoms with E-state index >= 15 is 0 Å². The summed E-state index contributed by atoms with van der Waals surface area (Å²) in [5.74, 6) is -1.55. The van der Waals surface area contributed by atoms with Gasteiger partial charge in [0.05, 0.1) is 11.4 Å². The first kappa shape index (κ1) is 21.3. The molecule has 28 heavy (non-hydrogen) atoms. The van der Waals surface area contributed by atoms with Crippen LogP contribution in [0.25, 0.3) is 0 Å². The van der Waals surface area contributed by atoms with Gasteiger partial charge in [0.25, 0.3) is 0 Å². The van der Waals surface area contributed by atoms with E-state index in [0.29, 0.717) is 0 Å². The van der Waals surface area contributed by atoms with Gasteiger partial charge < -0.3 is 0 Å². The number of benzene rings is 2. The molecule has 0 saturated carbocycles. The molecule has 0 aliphatic heterocycles. The van der Waals surface area contributed by atoms with Crippen molar-refractivity contribution in [3.8, 4) is 0 Å². The Morgan fingerprint density at radius 2 is 1.00 bits per heavy atom. The number of carbonyl (C=O) groups excluding carboxylic acids is 2. The maximum absolute atomic E-state index is 11.9. The SMILES string of the molecule is CCCCc1ccc(NNC(=O)C(=O)NNc2ccc(CCCC)cc2)cc1. The number of amides is 2. The molecule has 0 aliphatic rings. The van der Waals surface area contributed by atoms with Gasteiger partial charge in [0.2, 0.25) is 0 Å². The third kappa shape index (κ3) is 7.31. The zero-order valence-corrected chi connectivity index (χ0v) is 16.7. The normalized spacial score (nSPS) is 10.2. The van der Waals surface area contributed by atoms with Crippen LogP contribution in [0.3, 0.4) is 0 Å². The topological polar surface area (TPSA) is 82.3 Å². The summed E-state index contributed by atoms with van der Waals surface area (Å²) in [5.41, 5.74) is 14.2. The number of anilines is 2. The monoisotopic (exact) mass is 382 g/mol. The van der Waals surface area contributed by atoms with Crippen molar-refractivity contribution in [2.45, 2.75) is 52.4 Å². The lowest BCUT2D eigenvalue weighted by atomic mass is 10.1. The van der Waals surface area contributed by atoms with Crippen LogP contribution in [0.5, 0.6) is 0 Å². The number of hydrogen-bond acceptors (Lipinski definition) is 4. The molecule has 6 nitrogen and oxygen atoms in total. The van der Waals surface area contributed by atoms with Gasteiger partial charge in [0, 0.05) is 0 Å².